The number of hydrogen-bond acceptors (Lipinski definition) is 6. The molecule has 0 bridgehead atoms. The predicted molar refractivity (Wildman–Crippen MR) is 119 cm³/mol. The van der Waals surface area contributed by atoms with E-state index in [1.54, 1.807) is 24.9 Å². The van der Waals surface area contributed by atoms with Gasteiger partial charge in [0.15, 0.2) is 10.9 Å². The topological polar surface area (TPSA) is 75.4 Å². The number of nitrogens with zero attached hydrogens (tertiary/aromatic N) is 3. The summed E-state index contributed by atoms with van der Waals surface area (Å²) in [5.41, 5.74) is 3.16. The van der Waals surface area contributed by atoms with Crippen LogP contribution >= 0.6 is 11.8 Å². The quantitative estimate of drug-likeness (QED) is 0.280. The van der Waals surface area contributed by atoms with E-state index >= 15 is 0 Å². The van der Waals surface area contributed by atoms with Crippen molar-refractivity contribution in [2.75, 3.05) is 33.2 Å². The summed E-state index contributed by atoms with van der Waals surface area (Å²) in [7, 11) is 3.26. The van der Waals surface area contributed by atoms with Crippen LogP contribution in [0.15, 0.2) is 40.3 Å². The van der Waals surface area contributed by atoms with Gasteiger partial charge in [-0.1, -0.05) is 23.9 Å². The Morgan fingerprint density at radius 1 is 1.07 bits per heavy atom. The third-order valence-electron chi connectivity index (χ3n) is 5.07. The zero-order chi connectivity index (χ0) is 21.7. The number of thioether (sulfide) groups is 1. The molecular formula is C22H27N3O4S. The number of fused-ring (bicyclic) bond motifs is 1. The standard InChI is InChI=1S/C22H27N3O4S/c1-15-13-18(16(2)24(15)9-11-28-3)20(26)14-30-22-23-19-8-6-5-7-17(19)21(27)25(22)10-12-29-4/h5-8,13H,9-12,14H2,1-4H3. The summed E-state index contributed by atoms with van der Waals surface area (Å²) >= 11 is 1.28. The number of benzene rings is 1. The summed E-state index contributed by atoms with van der Waals surface area (Å²) in [6.45, 7) is 6.00. The van der Waals surface area contributed by atoms with Crippen LogP contribution in [0.4, 0.5) is 0 Å². The summed E-state index contributed by atoms with van der Waals surface area (Å²) in [6.07, 6.45) is 0. The number of aromatic nitrogens is 3. The van der Waals surface area contributed by atoms with Crippen molar-refractivity contribution >= 4 is 28.4 Å². The van der Waals surface area contributed by atoms with E-state index < -0.39 is 0 Å². The minimum absolute atomic E-state index is 0.0115. The van der Waals surface area contributed by atoms with E-state index in [-0.39, 0.29) is 17.1 Å². The number of ether oxygens (including phenoxy) is 2. The fourth-order valence-corrected chi connectivity index (χ4v) is 4.36. The van der Waals surface area contributed by atoms with E-state index in [0.29, 0.717) is 47.9 Å². The zero-order valence-corrected chi connectivity index (χ0v) is 18.6. The Bertz CT molecular complexity index is 1100. The van der Waals surface area contributed by atoms with Crippen LogP contribution < -0.4 is 5.56 Å². The Morgan fingerprint density at radius 3 is 2.43 bits per heavy atom. The number of Topliss-reactive ketones (excluding diaryl/α,β-unsaturated/α-hetero) is 1. The van der Waals surface area contributed by atoms with Crippen LogP contribution in [-0.2, 0) is 22.6 Å². The van der Waals surface area contributed by atoms with E-state index in [1.807, 2.05) is 38.1 Å². The molecule has 0 aliphatic carbocycles. The number of rotatable bonds is 10. The van der Waals surface area contributed by atoms with E-state index in [1.165, 1.54) is 11.8 Å². The first kappa shape index (κ1) is 22.3. The average molecular weight is 430 g/mol. The van der Waals surface area contributed by atoms with Crippen LogP contribution in [0.1, 0.15) is 21.7 Å². The van der Waals surface area contributed by atoms with Crippen LogP contribution in [-0.4, -0.2) is 53.1 Å². The second-order valence-corrected chi connectivity index (χ2v) is 7.94. The third kappa shape index (κ3) is 4.66. The van der Waals surface area contributed by atoms with Crippen molar-refractivity contribution in [2.45, 2.75) is 32.1 Å². The number of carbonyl (C=O) groups excluding carboxylic acids is 1. The van der Waals surface area contributed by atoms with Gasteiger partial charge in [-0.15, -0.1) is 0 Å². The summed E-state index contributed by atoms with van der Waals surface area (Å²) in [6, 6.07) is 9.17. The second-order valence-electron chi connectivity index (χ2n) is 7.00. The molecule has 0 spiro atoms. The van der Waals surface area contributed by atoms with Gasteiger partial charge < -0.3 is 14.0 Å². The Labute approximate surface area is 180 Å². The predicted octanol–water partition coefficient (Wildman–Crippen LogP) is 3.08. The molecule has 0 aliphatic rings. The molecule has 0 aliphatic heterocycles. The molecule has 0 atom stereocenters. The maximum Gasteiger partial charge on any atom is 0.262 e. The van der Waals surface area contributed by atoms with Gasteiger partial charge in [-0.25, -0.2) is 4.98 Å². The molecule has 3 rings (SSSR count). The van der Waals surface area contributed by atoms with E-state index in [4.69, 9.17) is 9.47 Å². The smallest absolute Gasteiger partial charge is 0.262 e. The Morgan fingerprint density at radius 2 is 1.73 bits per heavy atom. The number of ketones is 1. The molecule has 2 heterocycles. The van der Waals surface area contributed by atoms with Gasteiger partial charge in [-0.05, 0) is 32.0 Å². The summed E-state index contributed by atoms with van der Waals surface area (Å²) in [4.78, 5) is 30.5. The van der Waals surface area contributed by atoms with Crippen molar-refractivity contribution < 1.29 is 14.3 Å². The lowest BCUT2D eigenvalue weighted by molar-refractivity contribution is 0.102. The van der Waals surface area contributed by atoms with Crippen LogP contribution in [0.2, 0.25) is 0 Å². The Balaban J connectivity index is 1.86. The number of carbonyl (C=O) groups is 1. The molecular weight excluding hydrogens is 402 g/mol. The highest BCUT2D eigenvalue weighted by Gasteiger charge is 2.18. The largest absolute Gasteiger partial charge is 0.383 e. The summed E-state index contributed by atoms with van der Waals surface area (Å²) in [5, 5.41) is 1.09. The molecule has 0 radical (unpaired) electrons. The molecule has 0 saturated carbocycles. The van der Waals surface area contributed by atoms with Crippen molar-refractivity contribution in [3.63, 3.8) is 0 Å². The molecule has 7 nitrogen and oxygen atoms in total. The molecule has 0 unspecified atom stereocenters. The van der Waals surface area contributed by atoms with Gasteiger partial charge >= 0.3 is 0 Å². The Kier molecular flexibility index (Phi) is 7.47. The molecule has 30 heavy (non-hydrogen) atoms. The van der Waals surface area contributed by atoms with E-state index in [9.17, 15) is 9.59 Å². The van der Waals surface area contributed by atoms with Gasteiger partial charge in [-0.2, -0.15) is 0 Å². The van der Waals surface area contributed by atoms with Crippen LogP contribution in [0, 0.1) is 13.8 Å². The molecule has 8 heteroatoms. The molecule has 3 aromatic rings. The van der Waals surface area contributed by atoms with Gasteiger partial charge in [0, 0.05) is 37.7 Å². The van der Waals surface area contributed by atoms with Crippen molar-refractivity contribution in [1.29, 1.82) is 0 Å². The van der Waals surface area contributed by atoms with Crippen molar-refractivity contribution in [1.82, 2.24) is 14.1 Å². The van der Waals surface area contributed by atoms with Gasteiger partial charge in [0.05, 0.1) is 36.4 Å². The van der Waals surface area contributed by atoms with Crippen LogP contribution in [0.5, 0.6) is 0 Å². The highest BCUT2D eigenvalue weighted by Crippen LogP contribution is 2.22. The van der Waals surface area contributed by atoms with E-state index in [0.717, 1.165) is 11.4 Å². The highest BCUT2D eigenvalue weighted by atomic mass is 32.2. The minimum atomic E-state index is -0.120. The molecule has 0 N–H and O–H groups in total. The molecule has 0 amide bonds. The molecule has 1 aromatic carbocycles. The number of methoxy groups -OCH3 is 2. The molecule has 2 aromatic heterocycles. The SMILES string of the molecule is COCCn1c(C)cc(C(=O)CSc2nc3ccccc3c(=O)n2CCOC)c1C. The normalized spacial score (nSPS) is 11.3. The number of hydrogen-bond donors (Lipinski definition) is 0. The van der Waals surface area contributed by atoms with Crippen molar-refractivity contribution in [3.05, 3.63) is 57.6 Å². The maximum atomic E-state index is 12.9. The lowest BCUT2D eigenvalue weighted by Crippen LogP contribution is -2.25. The van der Waals surface area contributed by atoms with Gasteiger partial charge in [0.2, 0.25) is 0 Å². The Hall–Kier alpha value is -2.42. The zero-order valence-electron chi connectivity index (χ0n) is 17.8. The molecule has 0 saturated heterocycles. The summed E-state index contributed by atoms with van der Waals surface area (Å²) < 4.78 is 14.0. The minimum Gasteiger partial charge on any atom is -0.383 e. The average Bonchev–Trinajstić information content (AvgIpc) is 3.03. The fourth-order valence-electron chi connectivity index (χ4n) is 3.46. The number of aryl methyl sites for hydroxylation is 1. The van der Waals surface area contributed by atoms with Gasteiger partial charge in [0.1, 0.15) is 0 Å². The first-order valence-corrected chi connectivity index (χ1v) is 10.8. The lowest BCUT2D eigenvalue weighted by atomic mass is 10.2. The fraction of sp³-hybridized carbons (Fsp3) is 0.409. The van der Waals surface area contributed by atoms with Crippen molar-refractivity contribution in [2.24, 2.45) is 0 Å². The van der Waals surface area contributed by atoms with Gasteiger partial charge in [-0.3, -0.25) is 14.2 Å². The van der Waals surface area contributed by atoms with Crippen LogP contribution in [0.3, 0.4) is 0 Å². The number of para-hydroxylation sites is 1. The second kappa shape index (κ2) is 10.1. The van der Waals surface area contributed by atoms with E-state index in [2.05, 4.69) is 9.55 Å². The molecule has 160 valence electrons. The van der Waals surface area contributed by atoms with Gasteiger partial charge in [0.25, 0.3) is 5.56 Å². The lowest BCUT2D eigenvalue weighted by Gasteiger charge is -2.12. The third-order valence-corrected chi connectivity index (χ3v) is 6.05. The highest BCUT2D eigenvalue weighted by molar-refractivity contribution is 7.99. The first-order chi connectivity index (χ1) is 14.5. The van der Waals surface area contributed by atoms with Crippen LogP contribution in [0.25, 0.3) is 10.9 Å². The first-order valence-electron chi connectivity index (χ1n) is 9.78. The monoisotopic (exact) mass is 429 g/mol. The maximum absolute atomic E-state index is 12.9. The molecule has 0 fully saturated rings. The summed E-state index contributed by atoms with van der Waals surface area (Å²) in [5.74, 6) is 0.212. The van der Waals surface area contributed by atoms with Crippen molar-refractivity contribution in [3.8, 4) is 0 Å².